The van der Waals surface area contributed by atoms with E-state index in [1.165, 1.54) is 12.1 Å². The summed E-state index contributed by atoms with van der Waals surface area (Å²) in [5, 5.41) is 0. The average molecular weight is 216 g/mol. The molecular formula is C13H13FN2. The lowest BCUT2D eigenvalue weighted by Crippen LogP contribution is -1.98. The molecule has 3 heteroatoms. The molecule has 0 aliphatic carbocycles. The first-order valence-electron chi connectivity index (χ1n) is 5.03. The summed E-state index contributed by atoms with van der Waals surface area (Å²) in [6.45, 7) is 0. The van der Waals surface area contributed by atoms with E-state index in [1.54, 1.807) is 18.2 Å². The fraction of sp³-hybridized carbons (Fsp3) is 0.0769. The molecule has 0 saturated carbocycles. The quantitative estimate of drug-likeness (QED) is 0.758. The monoisotopic (exact) mass is 216 g/mol. The second-order valence-electron chi connectivity index (χ2n) is 3.76. The van der Waals surface area contributed by atoms with E-state index in [0.29, 0.717) is 17.8 Å². The lowest BCUT2D eigenvalue weighted by molar-refractivity contribution is 0.626. The van der Waals surface area contributed by atoms with Crippen LogP contribution in [0.4, 0.5) is 15.8 Å². The molecule has 2 aromatic carbocycles. The van der Waals surface area contributed by atoms with Crippen molar-refractivity contribution in [3.63, 3.8) is 0 Å². The number of nitrogens with two attached hydrogens (primary N) is 2. The zero-order valence-corrected chi connectivity index (χ0v) is 8.78. The summed E-state index contributed by atoms with van der Waals surface area (Å²) < 4.78 is 13.0. The van der Waals surface area contributed by atoms with Gasteiger partial charge in [-0.05, 0) is 47.9 Å². The summed E-state index contributed by atoms with van der Waals surface area (Å²) in [6, 6.07) is 11.8. The molecule has 0 aliphatic heterocycles. The molecule has 0 aromatic heterocycles. The zero-order valence-electron chi connectivity index (χ0n) is 8.78. The van der Waals surface area contributed by atoms with Crippen LogP contribution in [0.1, 0.15) is 11.1 Å². The third-order valence-corrected chi connectivity index (χ3v) is 2.45. The molecule has 0 heterocycles. The second kappa shape index (κ2) is 4.23. The molecule has 2 nitrogen and oxygen atoms in total. The fourth-order valence-electron chi connectivity index (χ4n) is 1.65. The lowest BCUT2D eigenvalue weighted by atomic mass is 10.0. The van der Waals surface area contributed by atoms with Crippen molar-refractivity contribution in [3.05, 3.63) is 59.4 Å². The minimum atomic E-state index is -0.236. The average Bonchev–Trinajstić information content (AvgIpc) is 2.24. The van der Waals surface area contributed by atoms with Crippen molar-refractivity contribution in [3.8, 4) is 0 Å². The molecule has 2 rings (SSSR count). The van der Waals surface area contributed by atoms with Crippen LogP contribution in [0.2, 0.25) is 0 Å². The van der Waals surface area contributed by atoms with Crippen LogP contribution >= 0.6 is 0 Å². The van der Waals surface area contributed by atoms with Gasteiger partial charge in [0.2, 0.25) is 0 Å². The van der Waals surface area contributed by atoms with Gasteiger partial charge in [-0.1, -0.05) is 12.1 Å². The summed E-state index contributed by atoms with van der Waals surface area (Å²) >= 11 is 0. The van der Waals surface area contributed by atoms with Gasteiger partial charge in [-0.25, -0.2) is 4.39 Å². The molecule has 0 aliphatic rings. The maximum absolute atomic E-state index is 13.0. The number of nitrogen functional groups attached to an aromatic ring is 2. The maximum Gasteiger partial charge on any atom is 0.123 e. The van der Waals surface area contributed by atoms with Crippen molar-refractivity contribution < 1.29 is 4.39 Å². The smallest absolute Gasteiger partial charge is 0.123 e. The Bertz CT molecular complexity index is 509. The van der Waals surface area contributed by atoms with Gasteiger partial charge in [0, 0.05) is 11.4 Å². The standard InChI is InChI=1S/C13H13FN2/c14-11-3-1-2-9(7-11)6-10-8-12(15)4-5-13(10)16/h1-5,7-8H,6,15-16H2. The topological polar surface area (TPSA) is 52.0 Å². The Morgan fingerprint density at radius 1 is 1.00 bits per heavy atom. The van der Waals surface area contributed by atoms with Crippen molar-refractivity contribution >= 4 is 11.4 Å². The van der Waals surface area contributed by atoms with Crippen molar-refractivity contribution in [1.29, 1.82) is 0 Å². The zero-order chi connectivity index (χ0) is 11.5. The number of hydrogen-bond acceptors (Lipinski definition) is 2. The van der Waals surface area contributed by atoms with Gasteiger partial charge in [-0.3, -0.25) is 0 Å². The Labute approximate surface area is 93.7 Å². The number of rotatable bonds is 2. The fourth-order valence-corrected chi connectivity index (χ4v) is 1.65. The van der Waals surface area contributed by atoms with Crippen molar-refractivity contribution in [2.75, 3.05) is 11.5 Å². The molecule has 0 amide bonds. The first kappa shape index (κ1) is 10.5. The molecule has 0 radical (unpaired) electrons. The van der Waals surface area contributed by atoms with Gasteiger partial charge >= 0.3 is 0 Å². The summed E-state index contributed by atoms with van der Waals surface area (Å²) in [7, 11) is 0. The predicted molar refractivity (Wildman–Crippen MR) is 64.5 cm³/mol. The number of anilines is 2. The van der Waals surface area contributed by atoms with E-state index in [4.69, 9.17) is 11.5 Å². The van der Waals surface area contributed by atoms with Crippen molar-refractivity contribution in [1.82, 2.24) is 0 Å². The first-order valence-corrected chi connectivity index (χ1v) is 5.03. The summed E-state index contributed by atoms with van der Waals surface area (Å²) in [5.74, 6) is -0.236. The van der Waals surface area contributed by atoms with Crippen LogP contribution < -0.4 is 11.5 Å². The normalized spacial score (nSPS) is 10.3. The van der Waals surface area contributed by atoms with Crippen molar-refractivity contribution in [2.24, 2.45) is 0 Å². The van der Waals surface area contributed by atoms with Crippen LogP contribution in [-0.4, -0.2) is 0 Å². The SMILES string of the molecule is Nc1ccc(N)c(Cc2cccc(F)c2)c1. The van der Waals surface area contributed by atoms with Gasteiger partial charge in [-0.15, -0.1) is 0 Å². The van der Waals surface area contributed by atoms with E-state index >= 15 is 0 Å². The van der Waals surface area contributed by atoms with Crippen molar-refractivity contribution in [2.45, 2.75) is 6.42 Å². The van der Waals surface area contributed by atoms with Crippen LogP contribution in [0.3, 0.4) is 0 Å². The van der Waals surface area contributed by atoms with E-state index in [9.17, 15) is 4.39 Å². The third-order valence-electron chi connectivity index (χ3n) is 2.45. The minimum Gasteiger partial charge on any atom is -0.399 e. The molecule has 0 fully saturated rings. The van der Waals surface area contributed by atoms with Gasteiger partial charge in [0.25, 0.3) is 0 Å². The highest BCUT2D eigenvalue weighted by Crippen LogP contribution is 2.19. The minimum absolute atomic E-state index is 0.236. The Morgan fingerprint density at radius 2 is 1.81 bits per heavy atom. The molecule has 4 N–H and O–H groups in total. The molecule has 0 bridgehead atoms. The summed E-state index contributed by atoms with van der Waals surface area (Å²) in [6.07, 6.45) is 0.592. The Hall–Kier alpha value is -2.03. The van der Waals surface area contributed by atoms with Crippen LogP contribution in [0, 0.1) is 5.82 Å². The Morgan fingerprint density at radius 3 is 2.56 bits per heavy atom. The number of hydrogen-bond donors (Lipinski definition) is 2. The number of halogens is 1. The van der Waals surface area contributed by atoms with E-state index in [2.05, 4.69) is 0 Å². The van der Waals surface area contributed by atoms with Gasteiger partial charge in [0.15, 0.2) is 0 Å². The molecule has 0 spiro atoms. The number of benzene rings is 2. The predicted octanol–water partition coefficient (Wildman–Crippen LogP) is 2.58. The maximum atomic E-state index is 13.0. The molecule has 0 unspecified atom stereocenters. The van der Waals surface area contributed by atoms with Crippen LogP contribution in [-0.2, 0) is 6.42 Å². The van der Waals surface area contributed by atoms with E-state index in [0.717, 1.165) is 11.1 Å². The summed E-state index contributed by atoms with van der Waals surface area (Å²) in [5.41, 5.74) is 14.7. The highest BCUT2D eigenvalue weighted by Gasteiger charge is 2.02. The van der Waals surface area contributed by atoms with Crippen LogP contribution in [0.25, 0.3) is 0 Å². The molecule has 2 aromatic rings. The molecule has 0 saturated heterocycles. The Balaban J connectivity index is 2.30. The molecule has 16 heavy (non-hydrogen) atoms. The Kier molecular flexibility index (Phi) is 2.77. The molecule has 0 atom stereocenters. The third kappa shape index (κ3) is 2.31. The van der Waals surface area contributed by atoms with E-state index in [-0.39, 0.29) is 5.82 Å². The first-order chi connectivity index (χ1) is 7.65. The molecule has 82 valence electrons. The largest absolute Gasteiger partial charge is 0.399 e. The van der Waals surface area contributed by atoms with Gasteiger partial charge < -0.3 is 11.5 Å². The highest BCUT2D eigenvalue weighted by molar-refractivity contribution is 5.56. The van der Waals surface area contributed by atoms with E-state index in [1.807, 2.05) is 12.1 Å². The second-order valence-corrected chi connectivity index (χ2v) is 3.76. The summed E-state index contributed by atoms with van der Waals surface area (Å²) in [4.78, 5) is 0. The lowest BCUT2D eigenvalue weighted by Gasteiger charge is -2.07. The molecular weight excluding hydrogens is 203 g/mol. The van der Waals surface area contributed by atoms with Crippen LogP contribution in [0.5, 0.6) is 0 Å². The van der Waals surface area contributed by atoms with Crippen LogP contribution in [0.15, 0.2) is 42.5 Å². The van der Waals surface area contributed by atoms with E-state index < -0.39 is 0 Å². The van der Waals surface area contributed by atoms with Gasteiger partial charge in [0.05, 0.1) is 0 Å². The highest BCUT2D eigenvalue weighted by atomic mass is 19.1. The van der Waals surface area contributed by atoms with Gasteiger partial charge in [-0.2, -0.15) is 0 Å². The van der Waals surface area contributed by atoms with Gasteiger partial charge in [0.1, 0.15) is 5.82 Å².